The Hall–Kier alpha value is 0.0949. The Morgan fingerprint density at radius 3 is 2.22 bits per heavy atom. The summed E-state index contributed by atoms with van der Waals surface area (Å²) < 4.78 is 0. The SMILES string of the molecule is CCB(/C=C/CCl)CC. The minimum Gasteiger partial charge on any atom is -0.122 e. The highest BCUT2D eigenvalue weighted by Crippen LogP contribution is 1.99. The van der Waals surface area contributed by atoms with E-state index >= 15 is 0 Å². The van der Waals surface area contributed by atoms with E-state index in [1.54, 1.807) is 0 Å². The maximum Gasteiger partial charge on any atom is 0.165 e. The minimum atomic E-state index is 0.649. The largest absolute Gasteiger partial charge is 0.165 e. The summed E-state index contributed by atoms with van der Waals surface area (Å²) in [4.78, 5) is 0. The lowest BCUT2D eigenvalue weighted by atomic mass is 9.46. The second-order valence-electron chi connectivity index (χ2n) is 2.16. The maximum absolute atomic E-state index is 5.47. The summed E-state index contributed by atoms with van der Waals surface area (Å²) in [6.45, 7) is 5.14. The molecule has 0 fully saturated rings. The molecule has 9 heavy (non-hydrogen) atoms. The Morgan fingerprint density at radius 2 is 1.89 bits per heavy atom. The first kappa shape index (κ1) is 9.09. The van der Waals surface area contributed by atoms with Crippen molar-refractivity contribution in [3.8, 4) is 0 Å². The first-order valence-corrected chi connectivity index (χ1v) is 4.11. The lowest BCUT2D eigenvalue weighted by Crippen LogP contribution is -2.03. The molecular weight excluding hydrogens is 130 g/mol. The van der Waals surface area contributed by atoms with Gasteiger partial charge in [0.1, 0.15) is 0 Å². The van der Waals surface area contributed by atoms with Gasteiger partial charge in [-0.25, -0.2) is 0 Å². The lowest BCUT2D eigenvalue weighted by Gasteiger charge is -1.98. The molecule has 0 rings (SSSR count). The predicted molar refractivity (Wildman–Crippen MR) is 46.6 cm³/mol. The molecule has 52 valence electrons. The molecule has 0 aromatic heterocycles. The topological polar surface area (TPSA) is 0 Å². The van der Waals surface area contributed by atoms with Gasteiger partial charge in [0.15, 0.2) is 6.71 Å². The summed E-state index contributed by atoms with van der Waals surface area (Å²) >= 11 is 5.47. The van der Waals surface area contributed by atoms with Crippen LogP contribution in [-0.2, 0) is 0 Å². The highest BCUT2D eigenvalue weighted by Gasteiger charge is 2.00. The van der Waals surface area contributed by atoms with Crippen LogP contribution in [0.1, 0.15) is 13.8 Å². The Morgan fingerprint density at radius 1 is 1.33 bits per heavy atom. The van der Waals surface area contributed by atoms with E-state index in [9.17, 15) is 0 Å². The van der Waals surface area contributed by atoms with Crippen LogP contribution in [0, 0.1) is 0 Å². The van der Waals surface area contributed by atoms with Gasteiger partial charge in [0, 0.05) is 5.88 Å². The molecule has 0 saturated heterocycles. The van der Waals surface area contributed by atoms with Crippen LogP contribution in [-0.4, -0.2) is 12.6 Å². The fraction of sp³-hybridized carbons (Fsp3) is 0.714. The Bertz CT molecular complexity index is 77.0. The van der Waals surface area contributed by atoms with Crippen LogP contribution >= 0.6 is 11.6 Å². The third-order valence-corrected chi connectivity index (χ3v) is 1.72. The van der Waals surface area contributed by atoms with Gasteiger partial charge in [-0.15, -0.1) is 17.6 Å². The number of alkyl halides is 1. The molecule has 0 unspecified atom stereocenters. The lowest BCUT2D eigenvalue weighted by molar-refractivity contribution is 1.33. The normalized spacial score (nSPS) is 10.6. The summed E-state index contributed by atoms with van der Waals surface area (Å²) in [5, 5.41) is 0. The molecule has 0 aliphatic heterocycles. The van der Waals surface area contributed by atoms with Crippen molar-refractivity contribution in [3.63, 3.8) is 0 Å². The van der Waals surface area contributed by atoms with Crippen LogP contribution in [0.5, 0.6) is 0 Å². The molecule has 0 nitrogen and oxygen atoms in total. The summed E-state index contributed by atoms with van der Waals surface area (Å²) in [5.74, 6) is 2.85. The van der Waals surface area contributed by atoms with Crippen molar-refractivity contribution in [2.75, 3.05) is 5.88 Å². The molecule has 0 amide bonds. The number of allylic oxidation sites excluding steroid dienone is 1. The van der Waals surface area contributed by atoms with Crippen molar-refractivity contribution in [3.05, 3.63) is 12.1 Å². The molecule has 0 spiro atoms. The van der Waals surface area contributed by atoms with Crippen molar-refractivity contribution in [2.24, 2.45) is 0 Å². The standard InChI is InChI=1S/C7H14BCl/c1-3-8(4-2)6-5-7-9/h5-6H,3-4,7H2,1-2H3/b6-5+. The zero-order valence-corrected chi connectivity index (χ0v) is 6.99. The molecule has 2 heteroatoms. The van der Waals surface area contributed by atoms with E-state index in [4.69, 9.17) is 11.6 Å². The van der Waals surface area contributed by atoms with Gasteiger partial charge in [-0.05, 0) is 0 Å². The van der Waals surface area contributed by atoms with Gasteiger partial charge < -0.3 is 0 Å². The third-order valence-electron chi connectivity index (χ3n) is 1.55. The molecule has 0 aliphatic carbocycles. The van der Waals surface area contributed by atoms with Crippen LogP contribution in [0.4, 0.5) is 0 Å². The average Bonchev–Trinajstić information content (AvgIpc) is 1.91. The first-order valence-electron chi connectivity index (χ1n) is 3.57. The molecule has 0 heterocycles. The van der Waals surface area contributed by atoms with Crippen LogP contribution in [0.2, 0.25) is 12.6 Å². The van der Waals surface area contributed by atoms with E-state index in [-0.39, 0.29) is 0 Å². The quantitative estimate of drug-likeness (QED) is 0.420. The van der Waals surface area contributed by atoms with Crippen molar-refractivity contribution in [2.45, 2.75) is 26.5 Å². The monoisotopic (exact) mass is 144 g/mol. The van der Waals surface area contributed by atoms with Gasteiger partial charge >= 0.3 is 0 Å². The van der Waals surface area contributed by atoms with Crippen molar-refractivity contribution in [1.82, 2.24) is 0 Å². The smallest absolute Gasteiger partial charge is 0.122 e. The van der Waals surface area contributed by atoms with E-state index in [0.717, 1.165) is 6.71 Å². The van der Waals surface area contributed by atoms with Crippen LogP contribution in [0.15, 0.2) is 12.1 Å². The summed E-state index contributed by atoms with van der Waals surface area (Å²) in [5.41, 5.74) is 0. The Labute approximate surface area is 63.4 Å². The van der Waals surface area contributed by atoms with E-state index in [1.807, 2.05) is 6.08 Å². The number of hydrogen-bond donors (Lipinski definition) is 0. The second-order valence-corrected chi connectivity index (χ2v) is 2.47. The molecule has 0 bridgehead atoms. The number of rotatable bonds is 4. The van der Waals surface area contributed by atoms with E-state index in [1.165, 1.54) is 12.6 Å². The van der Waals surface area contributed by atoms with Crippen molar-refractivity contribution < 1.29 is 0 Å². The zero-order chi connectivity index (χ0) is 7.11. The maximum atomic E-state index is 5.47. The van der Waals surface area contributed by atoms with Gasteiger partial charge in [0.05, 0.1) is 0 Å². The highest BCUT2D eigenvalue weighted by molar-refractivity contribution is 6.64. The second kappa shape index (κ2) is 6.22. The summed E-state index contributed by atoms with van der Waals surface area (Å²) in [6, 6.07) is 0. The van der Waals surface area contributed by atoms with Gasteiger partial charge in [0.2, 0.25) is 0 Å². The molecule has 0 saturated carbocycles. The average molecular weight is 144 g/mol. The number of hydrogen-bond acceptors (Lipinski definition) is 0. The molecule has 0 aromatic rings. The van der Waals surface area contributed by atoms with Crippen LogP contribution in [0.25, 0.3) is 0 Å². The van der Waals surface area contributed by atoms with Gasteiger partial charge in [-0.1, -0.05) is 32.6 Å². The van der Waals surface area contributed by atoms with E-state index in [2.05, 4.69) is 19.8 Å². The van der Waals surface area contributed by atoms with Crippen LogP contribution in [0.3, 0.4) is 0 Å². The zero-order valence-electron chi connectivity index (χ0n) is 6.23. The Balaban J connectivity index is 3.41. The molecule has 0 radical (unpaired) electrons. The molecular formula is C7H14BCl. The van der Waals surface area contributed by atoms with Gasteiger partial charge in [0.25, 0.3) is 0 Å². The molecule has 0 aromatic carbocycles. The molecule has 0 atom stereocenters. The third kappa shape index (κ3) is 4.59. The number of halogens is 1. The van der Waals surface area contributed by atoms with E-state index in [0.29, 0.717) is 5.88 Å². The fourth-order valence-corrected chi connectivity index (χ4v) is 0.908. The summed E-state index contributed by atoms with van der Waals surface area (Å²) in [6.07, 6.45) is 4.48. The fourth-order valence-electron chi connectivity index (χ4n) is 0.805. The highest BCUT2D eigenvalue weighted by atomic mass is 35.5. The van der Waals surface area contributed by atoms with E-state index < -0.39 is 0 Å². The molecule has 0 aliphatic rings. The van der Waals surface area contributed by atoms with Crippen LogP contribution < -0.4 is 0 Å². The van der Waals surface area contributed by atoms with Crippen molar-refractivity contribution >= 4 is 18.3 Å². The summed E-state index contributed by atoms with van der Waals surface area (Å²) in [7, 11) is 0. The Kier molecular flexibility index (Phi) is 6.28. The predicted octanol–water partition coefficient (Wildman–Crippen LogP) is 2.86. The molecule has 0 N–H and O–H groups in total. The first-order chi connectivity index (χ1) is 4.35. The van der Waals surface area contributed by atoms with Gasteiger partial charge in [-0.3, -0.25) is 0 Å². The van der Waals surface area contributed by atoms with Crippen molar-refractivity contribution in [1.29, 1.82) is 0 Å². The van der Waals surface area contributed by atoms with Gasteiger partial charge in [-0.2, -0.15) is 0 Å². The minimum absolute atomic E-state index is 0.649.